The lowest BCUT2D eigenvalue weighted by Crippen LogP contribution is -2.49. The van der Waals surface area contributed by atoms with Crippen molar-refractivity contribution in [3.05, 3.63) is 53.1 Å². The van der Waals surface area contributed by atoms with Crippen molar-refractivity contribution in [2.75, 3.05) is 32.7 Å². The van der Waals surface area contributed by atoms with Gasteiger partial charge in [-0.15, -0.1) is 0 Å². The molecule has 156 valence electrons. The lowest BCUT2D eigenvalue weighted by Gasteiger charge is -2.35. The molecule has 0 spiro atoms. The van der Waals surface area contributed by atoms with Crippen LogP contribution in [-0.2, 0) is 14.8 Å². The summed E-state index contributed by atoms with van der Waals surface area (Å²) in [7, 11) is -3.70. The predicted octanol–water partition coefficient (Wildman–Crippen LogP) is 1.52. The van der Waals surface area contributed by atoms with Gasteiger partial charge in [-0.25, -0.2) is 8.42 Å². The molecule has 0 aromatic heterocycles. The minimum atomic E-state index is -3.70. The van der Waals surface area contributed by atoms with Crippen LogP contribution in [0.3, 0.4) is 0 Å². The van der Waals surface area contributed by atoms with E-state index in [1.807, 2.05) is 6.07 Å². The second kappa shape index (κ2) is 6.82. The van der Waals surface area contributed by atoms with Gasteiger partial charge in [0.1, 0.15) is 11.5 Å². The molecule has 5 rings (SSSR count). The molecule has 8 nitrogen and oxygen atoms in total. The van der Waals surface area contributed by atoms with Gasteiger partial charge in [0.15, 0.2) is 0 Å². The number of fused-ring (bicyclic) bond motifs is 2. The third-order valence-corrected chi connectivity index (χ3v) is 7.92. The van der Waals surface area contributed by atoms with Gasteiger partial charge in [0.05, 0.1) is 4.90 Å². The van der Waals surface area contributed by atoms with Crippen molar-refractivity contribution in [2.45, 2.75) is 17.7 Å². The summed E-state index contributed by atoms with van der Waals surface area (Å²) in [5, 5.41) is 2.89. The summed E-state index contributed by atoms with van der Waals surface area (Å²) in [6.45, 7) is 3.18. The number of amides is 2. The molecule has 1 unspecified atom stereocenters. The van der Waals surface area contributed by atoms with E-state index in [9.17, 15) is 18.0 Å². The Labute approximate surface area is 174 Å². The van der Waals surface area contributed by atoms with Crippen LogP contribution in [-0.4, -0.2) is 62.2 Å². The number of hydrogen-bond acceptors (Lipinski definition) is 5. The van der Waals surface area contributed by atoms with E-state index in [2.05, 4.69) is 5.32 Å². The van der Waals surface area contributed by atoms with Crippen molar-refractivity contribution in [3.63, 3.8) is 0 Å². The summed E-state index contributed by atoms with van der Waals surface area (Å²) >= 11 is 0. The van der Waals surface area contributed by atoms with E-state index in [4.69, 9.17) is 4.74 Å². The Hall–Kier alpha value is -2.91. The largest absolute Gasteiger partial charge is 0.457 e. The van der Waals surface area contributed by atoms with Crippen LogP contribution in [0.2, 0.25) is 0 Å². The molecular formula is C21H21N3O5S. The standard InChI is InChI=1S/C21H21N3O5S/c1-13(25)23-7-9-24(10-8-23)30(27,28)14-5-6-18-16(11-14)17-12-22-21(26)15-3-2-4-19(29-18)20(15)17/h2-6,11,17H,7-10,12H2,1H3,(H,22,26). The molecule has 1 fully saturated rings. The summed E-state index contributed by atoms with van der Waals surface area (Å²) in [4.78, 5) is 25.6. The fourth-order valence-electron chi connectivity index (χ4n) is 4.41. The van der Waals surface area contributed by atoms with Gasteiger partial charge in [-0.3, -0.25) is 9.59 Å². The second-order valence-electron chi connectivity index (χ2n) is 7.69. The Bertz CT molecular complexity index is 1170. The van der Waals surface area contributed by atoms with Crippen LogP contribution in [0.1, 0.15) is 34.3 Å². The van der Waals surface area contributed by atoms with Gasteiger partial charge in [0.2, 0.25) is 15.9 Å². The van der Waals surface area contributed by atoms with Crippen LogP contribution in [0.4, 0.5) is 0 Å². The zero-order valence-corrected chi connectivity index (χ0v) is 17.2. The van der Waals surface area contributed by atoms with Crippen molar-refractivity contribution < 1.29 is 22.7 Å². The van der Waals surface area contributed by atoms with E-state index in [0.29, 0.717) is 36.7 Å². The number of benzene rings is 2. The number of sulfonamides is 1. The van der Waals surface area contributed by atoms with Gasteiger partial charge in [0.25, 0.3) is 5.91 Å². The van der Waals surface area contributed by atoms with E-state index in [0.717, 1.165) is 11.1 Å². The van der Waals surface area contributed by atoms with Crippen molar-refractivity contribution >= 4 is 21.8 Å². The number of carbonyl (C=O) groups excluding carboxylic acids is 2. The van der Waals surface area contributed by atoms with Crippen molar-refractivity contribution in [1.29, 1.82) is 0 Å². The lowest BCUT2D eigenvalue weighted by atomic mass is 9.82. The van der Waals surface area contributed by atoms with Crippen molar-refractivity contribution in [2.24, 2.45) is 0 Å². The van der Waals surface area contributed by atoms with Gasteiger partial charge in [-0.2, -0.15) is 4.31 Å². The number of nitrogens with one attached hydrogen (secondary N) is 1. The first-order valence-electron chi connectivity index (χ1n) is 9.85. The first-order chi connectivity index (χ1) is 14.4. The van der Waals surface area contributed by atoms with Crippen molar-refractivity contribution in [3.8, 4) is 11.5 Å². The van der Waals surface area contributed by atoms with Crippen LogP contribution in [0, 0.1) is 0 Å². The lowest BCUT2D eigenvalue weighted by molar-refractivity contribution is -0.129. The zero-order valence-electron chi connectivity index (χ0n) is 16.4. The Morgan fingerprint density at radius 2 is 1.87 bits per heavy atom. The molecule has 9 heteroatoms. The highest BCUT2D eigenvalue weighted by Crippen LogP contribution is 2.47. The van der Waals surface area contributed by atoms with Gasteiger partial charge in [-0.1, -0.05) is 6.07 Å². The maximum Gasteiger partial charge on any atom is 0.251 e. The van der Waals surface area contributed by atoms with Crippen LogP contribution in [0.15, 0.2) is 41.3 Å². The Balaban J connectivity index is 1.50. The Morgan fingerprint density at radius 3 is 2.60 bits per heavy atom. The van der Waals surface area contributed by atoms with E-state index in [1.165, 1.54) is 11.2 Å². The summed E-state index contributed by atoms with van der Waals surface area (Å²) in [6, 6.07) is 10.3. The summed E-state index contributed by atoms with van der Waals surface area (Å²) < 4.78 is 33.9. The molecule has 3 heterocycles. The van der Waals surface area contributed by atoms with Crippen LogP contribution < -0.4 is 10.1 Å². The zero-order chi connectivity index (χ0) is 21.0. The van der Waals surface area contributed by atoms with Crippen LogP contribution in [0.25, 0.3) is 0 Å². The van der Waals surface area contributed by atoms with Gasteiger partial charge in [-0.05, 0) is 30.3 Å². The van der Waals surface area contributed by atoms with Crippen LogP contribution in [0.5, 0.6) is 11.5 Å². The summed E-state index contributed by atoms with van der Waals surface area (Å²) in [5.74, 6) is 0.869. The average molecular weight is 427 g/mol. The van der Waals surface area contributed by atoms with E-state index < -0.39 is 10.0 Å². The van der Waals surface area contributed by atoms with E-state index >= 15 is 0 Å². The van der Waals surface area contributed by atoms with E-state index in [-0.39, 0.29) is 35.7 Å². The fourth-order valence-corrected chi connectivity index (χ4v) is 5.87. The fraction of sp³-hybridized carbons (Fsp3) is 0.333. The highest BCUT2D eigenvalue weighted by molar-refractivity contribution is 7.89. The first-order valence-corrected chi connectivity index (χ1v) is 11.3. The normalized spacial score (nSPS) is 20.6. The predicted molar refractivity (Wildman–Crippen MR) is 108 cm³/mol. The third kappa shape index (κ3) is 2.88. The van der Waals surface area contributed by atoms with Gasteiger partial charge in [0, 0.05) is 62.3 Å². The molecule has 0 saturated carbocycles. The first kappa shape index (κ1) is 19.1. The molecule has 0 aliphatic carbocycles. The molecule has 1 atom stereocenters. The van der Waals surface area contributed by atoms with E-state index in [1.54, 1.807) is 35.2 Å². The monoisotopic (exact) mass is 427 g/mol. The van der Waals surface area contributed by atoms with Gasteiger partial charge < -0.3 is 15.0 Å². The Kier molecular flexibility index (Phi) is 4.33. The summed E-state index contributed by atoms with van der Waals surface area (Å²) in [5.41, 5.74) is 2.11. The molecule has 3 aliphatic heterocycles. The number of nitrogens with zero attached hydrogens (tertiary/aromatic N) is 2. The third-order valence-electron chi connectivity index (χ3n) is 6.02. The highest BCUT2D eigenvalue weighted by atomic mass is 32.2. The molecule has 0 bridgehead atoms. The molecule has 2 aromatic carbocycles. The quantitative estimate of drug-likeness (QED) is 0.784. The van der Waals surface area contributed by atoms with Crippen molar-refractivity contribution in [1.82, 2.24) is 14.5 Å². The number of ether oxygens (including phenoxy) is 1. The maximum atomic E-state index is 13.2. The maximum absolute atomic E-state index is 13.2. The molecule has 2 amide bonds. The molecule has 1 saturated heterocycles. The molecular weight excluding hydrogens is 406 g/mol. The molecule has 30 heavy (non-hydrogen) atoms. The smallest absolute Gasteiger partial charge is 0.251 e. The number of piperazine rings is 1. The number of hydrogen-bond donors (Lipinski definition) is 1. The van der Waals surface area contributed by atoms with Crippen LogP contribution >= 0.6 is 0 Å². The summed E-state index contributed by atoms with van der Waals surface area (Å²) in [6.07, 6.45) is 0. The minimum absolute atomic E-state index is 0.0493. The molecule has 1 N–H and O–H groups in total. The second-order valence-corrected chi connectivity index (χ2v) is 9.63. The average Bonchev–Trinajstić information content (AvgIpc) is 2.75. The minimum Gasteiger partial charge on any atom is -0.457 e. The molecule has 2 aromatic rings. The SMILES string of the molecule is CC(=O)N1CCN(S(=O)(=O)c2ccc3c(c2)C2CNC(=O)c4cccc(c42)O3)CC1. The highest BCUT2D eigenvalue weighted by Gasteiger charge is 2.36. The number of rotatable bonds is 2. The van der Waals surface area contributed by atoms with Gasteiger partial charge >= 0.3 is 0 Å². The molecule has 0 radical (unpaired) electrons. The molecule has 3 aliphatic rings. The topological polar surface area (TPSA) is 96.0 Å². The number of carbonyl (C=O) groups is 2. The Morgan fingerprint density at radius 1 is 1.10 bits per heavy atom.